The minimum atomic E-state index is -0.0552. The molecule has 0 bridgehead atoms. The SMILES string of the molecule is CCOc1ccc(-c2nc(C(=O)NC3CCCC3)cs2)cc1. The average molecular weight is 316 g/mol. The molecule has 116 valence electrons. The first-order valence-corrected chi connectivity index (χ1v) is 8.64. The highest BCUT2D eigenvalue weighted by atomic mass is 32.1. The number of benzene rings is 1. The topological polar surface area (TPSA) is 51.2 Å². The van der Waals surface area contributed by atoms with E-state index in [9.17, 15) is 4.79 Å². The molecule has 22 heavy (non-hydrogen) atoms. The number of rotatable bonds is 5. The maximum absolute atomic E-state index is 12.2. The predicted octanol–water partition coefficient (Wildman–Crippen LogP) is 3.88. The zero-order chi connectivity index (χ0) is 15.4. The molecule has 0 radical (unpaired) electrons. The third-order valence-electron chi connectivity index (χ3n) is 3.84. The van der Waals surface area contributed by atoms with Crippen LogP contribution in [-0.2, 0) is 0 Å². The van der Waals surface area contributed by atoms with E-state index in [2.05, 4.69) is 10.3 Å². The molecule has 1 fully saturated rings. The van der Waals surface area contributed by atoms with Gasteiger partial charge in [0.1, 0.15) is 16.5 Å². The molecule has 1 aromatic heterocycles. The number of ether oxygens (including phenoxy) is 1. The summed E-state index contributed by atoms with van der Waals surface area (Å²) in [4.78, 5) is 16.7. The zero-order valence-electron chi connectivity index (χ0n) is 12.7. The Morgan fingerprint density at radius 3 is 2.73 bits per heavy atom. The van der Waals surface area contributed by atoms with Gasteiger partial charge in [-0.15, -0.1) is 11.3 Å². The van der Waals surface area contributed by atoms with Gasteiger partial charge in [0.15, 0.2) is 0 Å². The Hall–Kier alpha value is -1.88. The molecular formula is C17H20N2O2S. The van der Waals surface area contributed by atoms with Gasteiger partial charge in [-0.05, 0) is 44.0 Å². The van der Waals surface area contributed by atoms with Gasteiger partial charge in [0.05, 0.1) is 6.61 Å². The van der Waals surface area contributed by atoms with Crippen molar-refractivity contribution >= 4 is 17.2 Å². The summed E-state index contributed by atoms with van der Waals surface area (Å²) < 4.78 is 5.43. The number of carbonyl (C=O) groups excluding carboxylic acids is 1. The van der Waals surface area contributed by atoms with Crippen LogP contribution in [-0.4, -0.2) is 23.5 Å². The molecule has 5 heteroatoms. The van der Waals surface area contributed by atoms with E-state index in [-0.39, 0.29) is 5.91 Å². The van der Waals surface area contributed by atoms with Crippen LogP contribution in [0.15, 0.2) is 29.6 Å². The molecule has 1 N–H and O–H groups in total. The number of nitrogens with one attached hydrogen (secondary N) is 1. The van der Waals surface area contributed by atoms with Crippen molar-refractivity contribution in [2.75, 3.05) is 6.61 Å². The Morgan fingerprint density at radius 1 is 1.32 bits per heavy atom. The van der Waals surface area contributed by atoms with Crippen LogP contribution in [0, 0.1) is 0 Å². The number of carbonyl (C=O) groups is 1. The second-order valence-electron chi connectivity index (χ2n) is 5.45. The molecule has 1 aromatic carbocycles. The van der Waals surface area contributed by atoms with Crippen molar-refractivity contribution < 1.29 is 9.53 Å². The van der Waals surface area contributed by atoms with Crippen molar-refractivity contribution in [1.29, 1.82) is 0 Å². The lowest BCUT2D eigenvalue weighted by atomic mass is 10.2. The smallest absolute Gasteiger partial charge is 0.270 e. The normalized spacial score (nSPS) is 15.0. The van der Waals surface area contributed by atoms with Crippen LogP contribution >= 0.6 is 11.3 Å². The molecule has 2 aromatic rings. The van der Waals surface area contributed by atoms with E-state index in [1.807, 2.05) is 36.6 Å². The number of aromatic nitrogens is 1. The standard InChI is InChI=1S/C17H20N2O2S/c1-2-21-14-9-7-12(8-10-14)17-19-15(11-22-17)16(20)18-13-5-3-4-6-13/h7-11,13H,2-6H2,1H3,(H,18,20). The molecule has 0 atom stereocenters. The molecule has 1 amide bonds. The summed E-state index contributed by atoms with van der Waals surface area (Å²) in [6.07, 6.45) is 4.59. The highest BCUT2D eigenvalue weighted by Gasteiger charge is 2.19. The van der Waals surface area contributed by atoms with Crippen LogP contribution in [0.5, 0.6) is 5.75 Å². The van der Waals surface area contributed by atoms with Crippen LogP contribution in [0.1, 0.15) is 43.1 Å². The first-order chi connectivity index (χ1) is 10.8. The molecular weight excluding hydrogens is 296 g/mol. The Balaban J connectivity index is 1.68. The van der Waals surface area contributed by atoms with Crippen molar-refractivity contribution in [1.82, 2.24) is 10.3 Å². The Labute approximate surface area is 134 Å². The van der Waals surface area contributed by atoms with Gasteiger partial charge in [-0.1, -0.05) is 12.8 Å². The molecule has 1 aliphatic carbocycles. The fraction of sp³-hybridized carbons (Fsp3) is 0.412. The van der Waals surface area contributed by atoms with E-state index < -0.39 is 0 Å². The van der Waals surface area contributed by atoms with E-state index in [1.165, 1.54) is 24.2 Å². The minimum absolute atomic E-state index is 0.0552. The predicted molar refractivity (Wildman–Crippen MR) is 88.4 cm³/mol. The molecule has 0 saturated heterocycles. The lowest BCUT2D eigenvalue weighted by molar-refractivity contribution is 0.0933. The van der Waals surface area contributed by atoms with E-state index in [0.29, 0.717) is 18.3 Å². The molecule has 3 rings (SSSR count). The quantitative estimate of drug-likeness (QED) is 0.910. The third kappa shape index (κ3) is 3.47. The minimum Gasteiger partial charge on any atom is -0.494 e. The largest absolute Gasteiger partial charge is 0.494 e. The van der Waals surface area contributed by atoms with Gasteiger partial charge < -0.3 is 10.1 Å². The van der Waals surface area contributed by atoms with Gasteiger partial charge in [0.2, 0.25) is 0 Å². The second kappa shape index (κ2) is 6.92. The number of amides is 1. The number of nitrogens with zero attached hydrogens (tertiary/aromatic N) is 1. The van der Waals surface area contributed by atoms with E-state index in [1.54, 1.807) is 0 Å². The molecule has 0 spiro atoms. The first kappa shape index (κ1) is 15.0. The highest BCUT2D eigenvalue weighted by molar-refractivity contribution is 7.13. The van der Waals surface area contributed by atoms with Gasteiger partial charge in [-0.2, -0.15) is 0 Å². The molecule has 0 unspecified atom stereocenters. The Morgan fingerprint density at radius 2 is 2.05 bits per heavy atom. The van der Waals surface area contributed by atoms with Crippen molar-refractivity contribution in [3.05, 3.63) is 35.3 Å². The van der Waals surface area contributed by atoms with E-state index >= 15 is 0 Å². The van der Waals surface area contributed by atoms with Crippen molar-refractivity contribution in [3.8, 4) is 16.3 Å². The zero-order valence-corrected chi connectivity index (χ0v) is 13.5. The first-order valence-electron chi connectivity index (χ1n) is 7.76. The van der Waals surface area contributed by atoms with E-state index in [0.717, 1.165) is 29.2 Å². The third-order valence-corrected chi connectivity index (χ3v) is 4.73. The van der Waals surface area contributed by atoms with Crippen LogP contribution < -0.4 is 10.1 Å². The maximum atomic E-state index is 12.2. The van der Waals surface area contributed by atoms with E-state index in [4.69, 9.17) is 4.74 Å². The summed E-state index contributed by atoms with van der Waals surface area (Å²) in [5, 5.41) is 5.76. The summed E-state index contributed by atoms with van der Waals surface area (Å²) in [5.41, 5.74) is 1.52. The van der Waals surface area contributed by atoms with Gasteiger partial charge in [0, 0.05) is 17.0 Å². The Kier molecular flexibility index (Phi) is 4.73. The fourth-order valence-corrected chi connectivity index (χ4v) is 3.51. The summed E-state index contributed by atoms with van der Waals surface area (Å²) >= 11 is 1.50. The lowest BCUT2D eigenvalue weighted by Gasteiger charge is -2.09. The van der Waals surface area contributed by atoms with Crippen molar-refractivity contribution in [3.63, 3.8) is 0 Å². The summed E-state index contributed by atoms with van der Waals surface area (Å²) in [6, 6.07) is 8.13. The summed E-state index contributed by atoms with van der Waals surface area (Å²) in [5.74, 6) is 0.794. The monoisotopic (exact) mass is 316 g/mol. The summed E-state index contributed by atoms with van der Waals surface area (Å²) in [6.45, 7) is 2.62. The number of hydrogen-bond donors (Lipinski definition) is 1. The summed E-state index contributed by atoms with van der Waals surface area (Å²) in [7, 11) is 0. The Bertz CT molecular complexity index is 630. The van der Waals surface area contributed by atoms with Crippen molar-refractivity contribution in [2.24, 2.45) is 0 Å². The van der Waals surface area contributed by atoms with Crippen LogP contribution in [0.25, 0.3) is 10.6 Å². The van der Waals surface area contributed by atoms with Gasteiger partial charge in [0.25, 0.3) is 5.91 Å². The highest BCUT2D eigenvalue weighted by Crippen LogP contribution is 2.26. The lowest BCUT2D eigenvalue weighted by Crippen LogP contribution is -2.32. The van der Waals surface area contributed by atoms with Gasteiger partial charge >= 0.3 is 0 Å². The molecule has 0 aliphatic heterocycles. The van der Waals surface area contributed by atoms with Gasteiger partial charge in [-0.3, -0.25) is 4.79 Å². The molecule has 1 heterocycles. The van der Waals surface area contributed by atoms with Crippen LogP contribution in [0.2, 0.25) is 0 Å². The maximum Gasteiger partial charge on any atom is 0.270 e. The molecule has 1 aliphatic rings. The van der Waals surface area contributed by atoms with Crippen LogP contribution in [0.3, 0.4) is 0 Å². The van der Waals surface area contributed by atoms with Crippen LogP contribution in [0.4, 0.5) is 0 Å². The molecule has 4 nitrogen and oxygen atoms in total. The van der Waals surface area contributed by atoms with Crippen molar-refractivity contribution in [2.45, 2.75) is 38.6 Å². The number of thiazole rings is 1. The fourth-order valence-electron chi connectivity index (χ4n) is 2.70. The second-order valence-corrected chi connectivity index (χ2v) is 6.31. The van der Waals surface area contributed by atoms with Gasteiger partial charge in [-0.25, -0.2) is 4.98 Å². The molecule has 1 saturated carbocycles. The average Bonchev–Trinajstić information content (AvgIpc) is 3.19. The number of hydrogen-bond acceptors (Lipinski definition) is 4.